The second kappa shape index (κ2) is 8.06. The molecule has 2 atom stereocenters. The minimum Gasteiger partial charge on any atom is -0.338 e. The quantitative estimate of drug-likeness (QED) is 0.806. The Morgan fingerprint density at radius 2 is 1.74 bits per heavy atom. The SMILES string of the molecule is Cc1ccc(S(=O)(=O)NC2C=CCC(N(C)C(=O)c3ccccc3)C2)cc1. The standard InChI is InChI=1S/C21H24N2O3S/c1-16-11-13-20(14-12-16)27(25,26)22-18-9-6-10-19(15-18)23(2)21(24)17-7-4-3-5-8-17/h3-9,11-14,18-19,22H,10,15H2,1-2H3. The highest BCUT2D eigenvalue weighted by Gasteiger charge is 2.28. The van der Waals surface area contributed by atoms with Gasteiger partial charge in [0.25, 0.3) is 5.91 Å². The third-order valence-corrected chi connectivity index (χ3v) is 6.33. The summed E-state index contributed by atoms with van der Waals surface area (Å²) in [6.07, 6.45) is 5.04. The van der Waals surface area contributed by atoms with E-state index >= 15 is 0 Å². The Morgan fingerprint density at radius 3 is 2.41 bits per heavy atom. The van der Waals surface area contributed by atoms with Crippen molar-refractivity contribution in [3.05, 3.63) is 77.9 Å². The van der Waals surface area contributed by atoms with E-state index in [9.17, 15) is 13.2 Å². The Balaban J connectivity index is 1.69. The Kier molecular flexibility index (Phi) is 5.77. The largest absolute Gasteiger partial charge is 0.338 e. The van der Waals surface area contributed by atoms with Crippen molar-refractivity contribution in [1.82, 2.24) is 9.62 Å². The topological polar surface area (TPSA) is 66.5 Å². The van der Waals surface area contributed by atoms with Gasteiger partial charge in [0.1, 0.15) is 0 Å². The molecule has 0 aromatic heterocycles. The number of aryl methyl sites for hydroxylation is 1. The molecule has 0 aliphatic heterocycles. The molecule has 1 aliphatic rings. The maximum absolute atomic E-state index is 12.7. The van der Waals surface area contributed by atoms with Crippen molar-refractivity contribution in [3.8, 4) is 0 Å². The van der Waals surface area contributed by atoms with Gasteiger partial charge in [-0.15, -0.1) is 0 Å². The fourth-order valence-electron chi connectivity index (χ4n) is 3.21. The highest BCUT2D eigenvalue weighted by molar-refractivity contribution is 7.89. The van der Waals surface area contributed by atoms with E-state index in [1.165, 1.54) is 0 Å². The van der Waals surface area contributed by atoms with E-state index in [1.54, 1.807) is 48.3 Å². The molecule has 5 nitrogen and oxygen atoms in total. The molecule has 1 amide bonds. The average molecular weight is 385 g/mol. The zero-order chi connectivity index (χ0) is 19.4. The first-order valence-electron chi connectivity index (χ1n) is 8.95. The molecule has 0 radical (unpaired) electrons. The second-order valence-electron chi connectivity index (χ2n) is 6.88. The van der Waals surface area contributed by atoms with Crippen LogP contribution in [-0.4, -0.2) is 38.4 Å². The first kappa shape index (κ1) is 19.3. The summed E-state index contributed by atoms with van der Waals surface area (Å²) in [6, 6.07) is 15.5. The maximum atomic E-state index is 12.7. The van der Waals surface area contributed by atoms with Gasteiger partial charge in [0.2, 0.25) is 10.0 Å². The first-order chi connectivity index (χ1) is 12.9. The van der Waals surface area contributed by atoms with Crippen molar-refractivity contribution in [2.45, 2.75) is 36.7 Å². The molecule has 0 bridgehead atoms. The summed E-state index contributed by atoms with van der Waals surface area (Å²) in [5, 5.41) is 0. The molecule has 3 rings (SSSR count). The highest BCUT2D eigenvalue weighted by Crippen LogP contribution is 2.21. The monoisotopic (exact) mass is 384 g/mol. The molecule has 0 fully saturated rings. The van der Waals surface area contributed by atoms with Crippen LogP contribution in [0.4, 0.5) is 0 Å². The number of nitrogens with zero attached hydrogens (tertiary/aromatic N) is 1. The molecule has 1 N–H and O–H groups in total. The predicted octanol–water partition coefficient (Wildman–Crippen LogP) is 3.13. The van der Waals surface area contributed by atoms with Crippen molar-refractivity contribution in [1.29, 1.82) is 0 Å². The fraction of sp³-hybridized carbons (Fsp3) is 0.286. The minimum absolute atomic E-state index is 0.0592. The highest BCUT2D eigenvalue weighted by atomic mass is 32.2. The van der Waals surface area contributed by atoms with Crippen molar-refractivity contribution in [3.63, 3.8) is 0 Å². The van der Waals surface area contributed by atoms with E-state index < -0.39 is 10.0 Å². The van der Waals surface area contributed by atoms with Crippen LogP contribution in [0.25, 0.3) is 0 Å². The molecular formula is C21H24N2O3S. The zero-order valence-corrected chi connectivity index (χ0v) is 16.3. The summed E-state index contributed by atoms with van der Waals surface area (Å²) in [5.74, 6) is -0.0592. The molecule has 142 valence electrons. The summed E-state index contributed by atoms with van der Waals surface area (Å²) in [6.45, 7) is 1.91. The van der Waals surface area contributed by atoms with E-state index in [0.29, 0.717) is 18.4 Å². The lowest BCUT2D eigenvalue weighted by Crippen LogP contribution is -2.44. The van der Waals surface area contributed by atoms with E-state index in [0.717, 1.165) is 5.56 Å². The van der Waals surface area contributed by atoms with E-state index in [2.05, 4.69) is 4.72 Å². The summed E-state index contributed by atoms with van der Waals surface area (Å²) in [5.41, 5.74) is 1.64. The van der Waals surface area contributed by atoms with Crippen LogP contribution in [0.3, 0.4) is 0 Å². The molecule has 0 saturated carbocycles. The van der Waals surface area contributed by atoms with Crippen LogP contribution in [0.5, 0.6) is 0 Å². The summed E-state index contributed by atoms with van der Waals surface area (Å²) in [4.78, 5) is 14.6. The van der Waals surface area contributed by atoms with E-state index in [1.807, 2.05) is 37.3 Å². The Bertz CT molecular complexity index is 922. The molecule has 0 heterocycles. The number of sulfonamides is 1. The van der Waals surface area contributed by atoms with Gasteiger partial charge in [-0.3, -0.25) is 4.79 Å². The third-order valence-electron chi connectivity index (χ3n) is 4.83. The lowest BCUT2D eigenvalue weighted by atomic mass is 9.96. The van der Waals surface area contributed by atoms with Gasteiger partial charge in [0.15, 0.2) is 0 Å². The van der Waals surface area contributed by atoms with Crippen LogP contribution in [0.2, 0.25) is 0 Å². The van der Waals surface area contributed by atoms with Gasteiger partial charge in [0.05, 0.1) is 4.90 Å². The second-order valence-corrected chi connectivity index (χ2v) is 8.59. The smallest absolute Gasteiger partial charge is 0.253 e. The van der Waals surface area contributed by atoms with Crippen LogP contribution < -0.4 is 4.72 Å². The average Bonchev–Trinajstić information content (AvgIpc) is 2.67. The molecule has 2 aromatic rings. The number of amides is 1. The molecule has 1 aliphatic carbocycles. The molecule has 0 spiro atoms. The van der Waals surface area contributed by atoms with Gasteiger partial charge in [-0.1, -0.05) is 48.0 Å². The van der Waals surface area contributed by atoms with Gasteiger partial charge >= 0.3 is 0 Å². The molecule has 27 heavy (non-hydrogen) atoms. The van der Waals surface area contributed by atoms with Gasteiger partial charge in [-0.2, -0.15) is 0 Å². The number of benzene rings is 2. The van der Waals surface area contributed by atoms with Gasteiger partial charge in [0, 0.05) is 24.7 Å². The van der Waals surface area contributed by atoms with Crippen LogP contribution in [0.1, 0.15) is 28.8 Å². The lowest BCUT2D eigenvalue weighted by molar-refractivity contribution is 0.0718. The predicted molar refractivity (Wildman–Crippen MR) is 106 cm³/mol. The Hall–Kier alpha value is -2.44. The summed E-state index contributed by atoms with van der Waals surface area (Å²) < 4.78 is 28.0. The molecule has 2 unspecified atom stereocenters. The zero-order valence-electron chi connectivity index (χ0n) is 15.5. The van der Waals surface area contributed by atoms with Crippen molar-refractivity contribution >= 4 is 15.9 Å². The maximum Gasteiger partial charge on any atom is 0.253 e. The summed E-state index contributed by atoms with van der Waals surface area (Å²) >= 11 is 0. The summed E-state index contributed by atoms with van der Waals surface area (Å²) in [7, 11) is -1.83. The van der Waals surface area contributed by atoms with Crippen LogP contribution in [-0.2, 0) is 10.0 Å². The number of rotatable bonds is 5. The molecular weight excluding hydrogens is 360 g/mol. The van der Waals surface area contributed by atoms with Crippen molar-refractivity contribution < 1.29 is 13.2 Å². The van der Waals surface area contributed by atoms with Crippen LogP contribution >= 0.6 is 0 Å². The lowest BCUT2D eigenvalue weighted by Gasteiger charge is -2.32. The van der Waals surface area contributed by atoms with E-state index in [4.69, 9.17) is 0 Å². The van der Waals surface area contributed by atoms with Crippen LogP contribution in [0, 0.1) is 6.92 Å². The molecule has 6 heteroatoms. The minimum atomic E-state index is -3.60. The number of carbonyl (C=O) groups is 1. The van der Waals surface area contributed by atoms with Crippen LogP contribution in [0.15, 0.2) is 71.6 Å². The molecule has 0 saturated heterocycles. The first-order valence-corrected chi connectivity index (χ1v) is 10.4. The van der Waals surface area contributed by atoms with Gasteiger partial charge in [-0.25, -0.2) is 13.1 Å². The van der Waals surface area contributed by atoms with Gasteiger partial charge < -0.3 is 4.90 Å². The van der Waals surface area contributed by atoms with Crippen molar-refractivity contribution in [2.75, 3.05) is 7.05 Å². The molecule has 2 aromatic carbocycles. The number of nitrogens with one attached hydrogen (secondary N) is 1. The van der Waals surface area contributed by atoms with Gasteiger partial charge in [-0.05, 0) is 44.0 Å². The van der Waals surface area contributed by atoms with Crippen molar-refractivity contribution in [2.24, 2.45) is 0 Å². The Labute approximate surface area is 160 Å². The number of hydrogen-bond donors (Lipinski definition) is 1. The van der Waals surface area contributed by atoms with E-state index in [-0.39, 0.29) is 22.9 Å². The fourth-order valence-corrected chi connectivity index (χ4v) is 4.41. The number of carbonyl (C=O) groups excluding carboxylic acids is 1. The number of hydrogen-bond acceptors (Lipinski definition) is 3. The Morgan fingerprint density at radius 1 is 1.07 bits per heavy atom. The third kappa shape index (κ3) is 4.64. The normalized spacial score (nSPS) is 19.6.